The van der Waals surface area contributed by atoms with Gasteiger partial charge in [0.05, 0.1) is 17.1 Å². The predicted molar refractivity (Wildman–Crippen MR) is 216 cm³/mol. The second-order valence-electron chi connectivity index (χ2n) is 14.3. The smallest absolute Gasteiger partial charge is 0.136 e. The zero-order chi connectivity index (χ0) is 33.9. The van der Waals surface area contributed by atoms with Gasteiger partial charge in [0, 0.05) is 54.6 Å². The van der Waals surface area contributed by atoms with Gasteiger partial charge in [-0.1, -0.05) is 78.9 Å². The van der Waals surface area contributed by atoms with E-state index in [0.717, 1.165) is 68.8 Å². The summed E-state index contributed by atoms with van der Waals surface area (Å²) in [5.74, 6) is 0. The normalized spacial score (nSPS) is 15.8. The molecule has 0 saturated heterocycles. The van der Waals surface area contributed by atoms with Crippen LogP contribution in [0.3, 0.4) is 0 Å². The van der Waals surface area contributed by atoms with Crippen molar-refractivity contribution < 1.29 is 8.83 Å². The fraction of sp³-hybridized carbons (Fsp3) is 0.0833. The Balaban J connectivity index is 1.06. The first kappa shape index (κ1) is 28.2. The molecule has 10 aromatic rings. The number of allylic oxidation sites excluding steroid dienone is 5. The molecule has 2 aliphatic rings. The van der Waals surface area contributed by atoms with Crippen molar-refractivity contribution >= 4 is 82.7 Å². The lowest BCUT2D eigenvalue weighted by atomic mass is 9.97. The molecule has 0 radical (unpaired) electrons. The Hall–Kier alpha value is -6.52. The van der Waals surface area contributed by atoms with Gasteiger partial charge in [-0.05, 0) is 109 Å². The van der Waals surface area contributed by atoms with Crippen LogP contribution in [0.15, 0.2) is 154 Å². The number of hydrogen-bond donors (Lipinski definition) is 0. The minimum absolute atomic E-state index is 0.334. The van der Waals surface area contributed by atoms with E-state index in [2.05, 4.69) is 161 Å². The van der Waals surface area contributed by atoms with Crippen LogP contribution in [0.4, 0.5) is 0 Å². The molecule has 0 amide bonds. The van der Waals surface area contributed by atoms with Gasteiger partial charge >= 0.3 is 0 Å². The summed E-state index contributed by atoms with van der Waals surface area (Å²) in [6, 6.07) is 42.0. The first-order chi connectivity index (χ1) is 25.8. The van der Waals surface area contributed by atoms with Crippen LogP contribution in [-0.4, -0.2) is 9.13 Å². The van der Waals surface area contributed by atoms with Gasteiger partial charge in [0.25, 0.3) is 0 Å². The van der Waals surface area contributed by atoms with Crippen LogP contribution >= 0.6 is 0 Å². The third kappa shape index (κ3) is 3.87. The van der Waals surface area contributed by atoms with Crippen LogP contribution < -0.4 is 0 Å². The average Bonchev–Trinajstić information content (AvgIpc) is 3.95. The highest BCUT2D eigenvalue weighted by molar-refractivity contribution is 6.26. The Kier molecular flexibility index (Phi) is 5.70. The zero-order valence-corrected chi connectivity index (χ0v) is 28.3. The Morgan fingerprint density at radius 1 is 0.538 bits per heavy atom. The lowest BCUT2D eigenvalue weighted by Crippen LogP contribution is -2.10. The van der Waals surface area contributed by atoms with Crippen molar-refractivity contribution in [2.45, 2.75) is 25.3 Å². The van der Waals surface area contributed by atoms with Crippen LogP contribution in [0.5, 0.6) is 0 Å². The molecule has 0 spiro atoms. The molecular weight excluding hydrogens is 637 g/mol. The standard InChI is InChI=1S/C48H32N2O2/c1-2-10-31(11-3-1)49-41-17-9-6-14-35(41)36-26-29(18-21-42(36)49)30-19-22-43-37(27-30)47-45(51-43)24-25-46-48(47)38-28-32(20-23-44(38)52-46)50-39-15-7-4-12-33(39)34-13-5-8-16-40(34)50/h1-5,7-10,12-13,15-28,31H,6,11,14H2. The van der Waals surface area contributed by atoms with Crippen LogP contribution in [0.1, 0.15) is 30.1 Å². The van der Waals surface area contributed by atoms with E-state index in [-0.39, 0.29) is 0 Å². The van der Waals surface area contributed by atoms with Gasteiger partial charge in [-0.15, -0.1) is 0 Å². The van der Waals surface area contributed by atoms with Crippen molar-refractivity contribution in [3.05, 3.63) is 157 Å². The van der Waals surface area contributed by atoms with Gasteiger partial charge in [-0.25, -0.2) is 0 Å². The van der Waals surface area contributed by atoms with E-state index in [1.807, 2.05) is 0 Å². The highest BCUT2D eigenvalue weighted by Gasteiger charge is 2.23. The third-order valence-corrected chi connectivity index (χ3v) is 11.5. The van der Waals surface area contributed by atoms with Gasteiger partial charge < -0.3 is 18.0 Å². The SMILES string of the molecule is C1=CCC(n2c3c(c4cc(-c5ccc6oc7ccc8oc9ccc(-n%10c%11ccccc%11c%11ccccc%11%10)cc9c8c7c6c5)ccc42)CCC=C3)C=C1. The molecule has 52 heavy (non-hydrogen) atoms. The Bertz CT molecular complexity index is 3170. The van der Waals surface area contributed by atoms with Gasteiger partial charge in [0.1, 0.15) is 22.3 Å². The second-order valence-corrected chi connectivity index (χ2v) is 14.3. The molecule has 1 unspecified atom stereocenters. The molecule has 0 N–H and O–H groups in total. The van der Waals surface area contributed by atoms with E-state index in [0.29, 0.717) is 6.04 Å². The highest BCUT2D eigenvalue weighted by atomic mass is 16.3. The second kappa shape index (κ2) is 10.5. The molecule has 2 aliphatic carbocycles. The largest absolute Gasteiger partial charge is 0.456 e. The molecular formula is C48H32N2O2. The third-order valence-electron chi connectivity index (χ3n) is 11.5. The van der Waals surface area contributed by atoms with Crippen molar-refractivity contribution in [2.75, 3.05) is 0 Å². The number of hydrogen-bond acceptors (Lipinski definition) is 2. The molecule has 4 heteroatoms. The van der Waals surface area contributed by atoms with Crippen LogP contribution in [0.2, 0.25) is 0 Å². The molecule has 0 fully saturated rings. The topological polar surface area (TPSA) is 36.1 Å². The summed E-state index contributed by atoms with van der Waals surface area (Å²) in [4.78, 5) is 0. The number of rotatable bonds is 3. The molecule has 246 valence electrons. The maximum Gasteiger partial charge on any atom is 0.136 e. The first-order valence-corrected chi connectivity index (χ1v) is 18.3. The highest BCUT2D eigenvalue weighted by Crippen LogP contribution is 2.43. The average molecular weight is 669 g/mol. The number of fused-ring (bicyclic) bond motifs is 13. The fourth-order valence-electron chi connectivity index (χ4n) is 9.21. The number of aryl methyl sites for hydroxylation is 1. The molecule has 4 aromatic heterocycles. The monoisotopic (exact) mass is 668 g/mol. The molecule has 12 rings (SSSR count). The molecule has 4 heterocycles. The zero-order valence-electron chi connectivity index (χ0n) is 28.3. The maximum atomic E-state index is 6.53. The molecule has 0 aliphatic heterocycles. The Morgan fingerprint density at radius 2 is 1.19 bits per heavy atom. The maximum absolute atomic E-state index is 6.53. The van der Waals surface area contributed by atoms with Gasteiger partial charge in [-0.2, -0.15) is 0 Å². The summed E-state index contributed by atoms with van der Waals surface area (Å²) in [5.41, 5.74) is 13.5. The quantitative estimate of drug-likeness (QED) is 0.188. The van der Waals surface area contributed by atoms with Gasteiger partial charge in [0.2, 0.25) is 0 Å². The first-order valence-electron chi connectivity index (χ1n) is 18.3. The Labute approximate surface area is 298 Å². The van der Waals surface area contributed by atoms with Gasteiger partial charge in [-0.3, -0.25) is 0 Å². The number of furan rings is 2. The summed E-state index contributed by atoms with van der Waals surface area (Å²) < 4.78 is 18.0. The van der Waals surface area contributed by atoms with Crippen molar-refractivity contribution in [3.63, 3.8) is 0 Å². The summed E-state index contributed by atoms with van der Waals surface area (Å²) in [7, 11) is 0. The fourth-order valence-corrected chi connectivity index (χ4v) is 9.21. The number of para-hydroxylation sites is 2. The van der Waals surface area contributed by atoms with Crippen molar-refractivity contribution in [3.8, 4) is 16.8 Å². The van der Waals surface area contributed by atoms with E-state index >= 15 is 0 Å². The van der Waals surface area contributed by atoms with Gasteiger partial charge in [0.15, 0.2) is 0 Å². The van der Waals surface area contributed by atoms with E-state index in [1.165, 1.54) is 55.1 Å². The Morgan fingerprint density at radius 3 is 1.92 bits per heavy atom. The molecule has 4 nitrogen and oxygen atoms in total. The number of benzene rings is 6. The van der Waals surface area contributed by atoms with E-state index in [9.17, 15) is 0 Å². The van der Waals surface area contributed by atoms with Crippen molar-refractivity contribution in [1.29, 1.82) is 0 Å². The lowest BCUT2D eigenvalue weighted by Gasteiger charge is -2.20. The van der Waals surface area contributed by atoms with E-state index < -0.39 is 0 Å². The van der Waals surface area contributed by atoms with Crippen LogP contribution in [0, 0.1) is 0 Å². The van der Waals surface area contributed by atoms with E-state index in [4.69, 9.17) is 8.83 Å². The number of aromatic nitrogens is 2. The molecule has 6 aromatic carbocycles. The predicted octanol–water partition coefficient (Wildman–Crippen LogP) is 13.2. The van der Waals surface area contributed by atoms with Crippen LogP contribution in [-0.2, 0) is 6.42 Å². The summed E-state index contributed by atoms with van der Waals surface area (Å²) in [6.07, 6.45) is 16.8. The van der Waals surface area contributed by atoms with Crippen molar-refractivity contribution in [1.82, 2.24) is 9.13 Å². The minimum Gasteiger partial charge on any atom is -0.456 e. The lowest BCUT2D eigenvalue weighted by molar-refractivity contribution is 0.621. The van der Waals surface area contributed by atoms with Crippen LogP contribution in [0.25, 0.3) is 99.5 Å². The summed E-state index contributed by atoms with van der Waals surface area (Å²) >= 11 is 0. The molecule has 1 atom stereocenters. The minimum atomic E-state index is 0.334. The van der Waals surface area contributed by atoms with E-state index in [1.54, 1.807) is 0 Å². The summed E-state index contributed by atoms with van der Waals surface area (Å²) in [5, 5.41) is 8.24. The number of nitrogens with zero attached hydrogens (tertiary/aromatic N) is 2. The molecule has 0 saturated carbocycles. The summed E-state index contributed by atoms with van der Waals surface area (Å²) in [6.45, 7) is 0. The molecule has 0 bridgehead atoms. The van der Waals surface area contributed by atoms with Crippen molar-refractivity contribution in [2.24, 2.45) is 0 Å².